The molecule has 0 radical (unpaired) electrons. The molecule has 4 rings (SSSR count). The summed E-state index contributed by atoms with van der Waals surface area (Å²) in [7, 11) is 1.54. The molecule has 1 amide bonds. The molecule has 3 aromatic heterocycles. The van der Waals surface area contributed by atoms with Gasteiger partial charge in [-0.1, -0.05) is 29.5 Å². The summed E-state index contributed by atoms with van der Waals surface area (Å²) in [6.45, 7) is 8.56. The summed E-state index contributed by atoms with van der Waals surface area (Å²) in [5, 5.41) is 21.2. The molecule has 0 spiro atoms. The first-order chi connectivity index (χ1) is 19.5. The van der Waals surface area contributed by atoms with Crippen LogP contribution in [0.25, 0.3) is 15.2 Å². The molecule has 3 heterocycles. The zero-order chi connectivity index (χ0) is 29.9. The third-order valence-corrected chi connectivity index (χ3v) is 7.97. The van der Waals surface area contributed by atoms with Crippen LogP contribution < -0.4 is 21.3 Å². The fourth-order valence-corrected chi connectivity index (χ4v) is 5.85. The Morgan fingerprint density at radius 3 is 2.51 bits per heavy atom. The summed E-state index contributed by atoms with van der Waals surface area (Å²) < 4.78 is 14.2. The molecule has 0 aliphatic rings. The van der Waals surface area contributed by atoms with E-state index in [-0.39, 0.29) is 31.0 Å². The van der Waals surface area contributed by atoms with Crippen molar-refractivity contribution >= 4 is 27.5 Å². The summed E-state index contributed by atoms with van der Waals surface area (Å²) in [5.41, 5.74) is -1.53. The minimum Gasteiger partial charge on any atom is -0.496 e. The number of methoxy groups -OCH3 is 1. The van der Waals surface area contributed by atoms with Crippen molar-refractivity contribution in [2.24, 2.45) is 0 Å². The number of carbonyl (C=O) groups is 1. The molecule has 0 fully saturated rings. The number of para-hydroxylation sites is 1. The lowest BCUT2D eigenvalue weighted by Crippen LogP contribution is -2.56. The number of nitrogens with zero attached hydrogens (tertiary/aromatic N) is 6. The molecule has 1 N–H and O–H groups in total. The lowest BCUT2D eigenvalue weighted by atomic mass is 10.0. The number of amides is 1. The number of thiophene rings is 1. The minimum atomic E-state index is -1.52. The maximum atomic E-state index is 14.3. The van der Waals surface area contributed by atoms with Crippen molar-refractivity contribution in [1.29, 1.82) is 5.26 Å². The molecule has 0 saturated carbocycles. The molecule has 1 aromatic carbocycles. The van der Waals surface area contributed by atoms with Crippen LogP contribution in [0.1, 0.15) is 51.3 Å². The summed E-state index contributed by atoms with van der Waals surface area (Å²) in [5.74, 6) is 0.0819. The van der Waals surface area contributed by atoms with E-state index in [2.05, 4.69) is 21.6 Å². The van der Waals surface area contributed by atoms with Crippen molar-refractivity contribution in [2.45, 2.75) is 65.3 Å². The van der Waals surface area contributed by atoms with Gasteiger partial charge in [0.25, 0.3) is 5.56 Å². The summed E-state index contributed by atoms with van der Waals surface area (Å²) in [6.07, 6.45) is 2.48. The Bertz CT molecular complexity index is 1710. The van der Waals surface area contributed by atoms with Crippen molar-refractivity contribution in [1.82, 2.24) is 29.4 Å². The van der Waals surface area contributed by atoms with Gasteiger partial charge in [-0.25, -0.2) is 9.36 Å². The van der Waals surface area contributed by atoms with E-state index in [9.17, 15) is 14.4 Å². The van der Waals surface area contributed by atoms with Crippen molar-refractivity contribution in [2.75, 3.05) is 13.7 Å². The molecular weight excluding hydrogens is 546 g/mol. The Labute approximate surface area is 240 Å². The van der Waals surface area contributed by atoms with E-state index in [0.717, 1.165) is 4.57 Å². The summed E-state index contributed by atoms with van der Waals surface area (Å²) >= 11 is 1.20. The second-order valence-corrected chi connectivity index (χ2v) is 11.2. The molecule has 12 nitrogen and oxygen atoms in total. The van der Waals surface area contributed by atoms with E-state index in [1.165, 1.54) is 40.2 Å². The lowest BCUT2D eigenvalue weighted by molar-refractivity contribution is -0.129. The number of rotatable bonds is 11. The molecule has 0 aliphatic carbocycles. The first-order valence-electron chi connectivity index (χ1n) is 13.1. The highest BCUT2D eigenvalue weighted by Crippen LogP contribution is 2.34. The van der Waals surface area contributed by atoms with Crippen LogP contribution in [0, 0.1) is 18.3 Å². The number of carbonyl (C=O) groups excluding carboxylic acids is 1. The van der Waals surface area contributed by atoms with Gasteiger partial charge >= 0.3 is 5.69 Å². The predicted octanol–water partition coefficient (Wildman–Crippen LogP) is 3.05. The van der Waals surface area contributed by atoms with Gasteiger partial charge in [-0.15, -0.1) is 4.80 Å². The molecule has 4 aromatic rings. The highest BCUT2D eigenvalue weighted by atomic mass is 32.1. The van der Waals surface area contributed by atoms with Crippen LogP contribution in [0.4, 0.5) is 0 Å². The Balaban J connectivity index is 2.01. The molecule has 216 valence electrons. The number of benzene rings is 1. The third kappa shape index (κ3) is 5.66. The van der Waals surface area contributed by atoms with Gasteiger partial charge in [0.05, 0.1) is 50.5 Å². The number of ether oxygens (including phenoxy) is 2. The summed E-state index contributed by atoms with van der Waals surface area (Å²) in [6, 6.07) is 9.13. The normalized spacial score (nSPS) is 12.4. The van der Waals surface area contributed by atoms with Crippen LogP contribution >= 0.6 is 11.3 Å². The van der Waals surface area contributed by atoms with Crippen molar-refractivity contribution in [3.8, 4) is 16.8 Å². The Morgan fingerprint density at radius 2 is 1.88 bits per heavy atom. The van der Waals surface area contributed by atoms with Gasteiger partial charge < -0.3 is 14.8 Å². The highest BCUT2D eigenvalue weighted by molar-refractivity contribution is 7.21. The maximum Gasteiger partial charge on any atom is 0.333 e. The monoisotopic (exact) mass is 579 g/mol. The molecule has 0 unspecified atom stereocenters. The molecule has 13 heteroatoms. The minimum absolute atomic E-state index is 0.0186. The van der Waals surface area contributed by atoms with Gasteiger partial charge in [0.1, 0.15) is 27.2 Å². The van der Waals surface area contributed by atoms with E-state index in [1.54, 1.807) is 40.7 Å². The first kappa shape index (κ1) is 29.7. The average Bonchev–Trinajstić information content (AvgIpc) is 3.58. The zero-order valence-electron chi connectivity index (χ0n) is 23.9. The summed E-state index contributed by atoms with van der Waals surface area (Å²) in [4.78, 5) is 43.4. The van der Waals surface area contributed by atoms with Gasteiger partial charge in [-0.2, -0.15) is 15.5 Å². The van der Waals surface area contributed by atoms with Crippen LogP contribution in [0.15, 0.2) is 46.2 Å². The number of aromatic nitrogens is 5. The van der Waals surface area contributed by atoms with Crippen LogP contribution in [0.5, 0.6) is 5.75 Å². The van der Waals surface area contributed by atoms with Crippen LogP contribution in [-0.4, -0.2) is 49.8 Å². The van der Waals surface area contributed by atoms with Crippen LogP contribution in [0.3, 0.4) is 0 Å². The number of hydrogen-bond acceptors (Lipinski definition) is 9. The molecule has 1 atom stereocenters. The number of aryl methyl sites for hydroxylation is 1. The fourth-order valence-electron chi connectivity index (χ4n) is 4.63. The maximum absolute atomic E-state index is 14.3. The van der Waals surface area contributed by atoms with Crippen LogP contribution in [-0.2, 0) is 21.6 Å². The number of nitrogens with one attached hydrogen (secondary N) is 1. The fraction of sp³-hybridized carbons (Fsp3) is 0.429. The van der Waals surface area contributed by atoms with E-state index in [1.807, 2.05) is 18.2 Å². The lowest BCUT2D eigenvalue weighted by Gasteiger charge is -2.28. The van der Waals surface area contributed by atoms with Crippen molar-refractivity contribution < 1.29 is 14.3 Å². The predicted molar refractivity (Wildman–Crippen MR) is 155 cm³/mol. The Hall–Kier alpha value is -4.28. The van der Waals surface area contributed by atoms with Crippen molar-refractivity contribution in [3.63, 3.8) is 0 Å². The largest absolute Gasteiger partial charge is 0.496 e. The standard InChI is InChI=1S/C28H33N7O5S/c1-17(2)32-26(37)28(4,5)34-23(36)22-18(3)24(35-30-13-14-31-35)41-25(22)33(27(34)38)16-21(40-15-9-12-29)19-10-7-8-11-20(19)39-6/h7-8,10-11,13-14,17,21H,9,15-16H2,1-6H3,(H,32,37)/t21-/m0/s1. The molecule has 0 saturated heterocycles. The van der Waals surface area contributed by atoms with Crippen molar-refractivity contribution in [3.05, 3.63) is 68.6 Å². The number of fused-ring (bicyclic) bond motifs is 1. The second-order valence-electron chi connectivity index (χ2n) is 10.3. The molecule has 0 bridgehead atoms. The SMILES string of the molecule is COc1ccccc1[C@H](Cn1c(=O)n(C(C)(C)C(=O)NC(C)C)c(=O)c2c(C)c(-n3nccn3)sc21)OCCC#N. The number of nitriles is 1. The van der Waals surface area contributed by atoms with Gasteiger partial charge in [-0.05, 0) is 40.7 Å². The zero-order valence-corrected chi connectivity index (χ0v) is 24.7. The quantitative estimate of drug-likeness (QED) is 0.267. The molecule has 0 aliphatic heterocycles. The Morgan fingerprint density at radius 1 is 1.20 bits per heavy atom. The number of hydrogen-bond donors (Lipinski definition) is 1. The van der Waals surface area contributed by atoms with Gasteiger partial charge in [0.15, 0.2) is 0 Å². The first-order valence-corrected chi connectivity index (χ1v) is 13.9. The Kier molecular flexibility index (Phi) is 8.74. The van der Waals surface area contributed by atoms with E-state index in [0.29, 0.717) is 26.7 Å². The van der Waals surface area contributed by atoms with Gasteiger partial charge in [-0.3, -0.25) is 14.2 Å². The van der Waals surface area contributed by atoms with Gasteiger partial charge in [0, 0.05) is 17.2 Å². The van der Waals surface area contributed by atoms with E-state index in [4.69, 9.17) is 14.7 Å². The smallest absolute Gasteiger partial charge is 0.333 e. The van der Waals surface area contributed by atoms with E-state index >= 15 is 0 Å². The second kappa shape index (κ2) is 12.1. The molecular formula is C28H33N7O5S. The van der Waals surface area contributed by atoms with Crippen LogP contribution in [0.2, 0.25) is 0 Å². The highest BCUT2D eigenvalue weighted by Gasteiger charge is 2.36. The third-order valence-electron chi connectivity index (χ3n) is 6.69. The van der Waals surface area contributed by atoms with E-state index < -0.39 is 28.8 Å². The molecule has 41 heavy (non-hydrogen) atoms. The van der Waals surface area contributed by atoms with Gasteiger partial charge in [0.2, 0.25) is 5.91 Å². The average molecular weight is 580 g/mol. The topological polar surface area (TPSA) is 146 Å².